The lowest BCUT2D eigenvalue weighted by Gasteiger charge is -2.20. The molecule has 0 fully saturated rings. The molecule has 0 radical (unpaired) electrons. The molecule has 0 heterocycles. The van der Waals surface area contributed by atoms with Gasteiger partial charge in [-0.1, -0.05) is 0 Å². The van der Waals surface area contributed by atoms with E-state index in [2.05, 4.69) is 5.32 Å². The molecule has 1 N–H and O–H groups in total. The first kappa shape index (κ1) is 17.7. The summed E-state index contributed by atoms with van der Waals surface area (Å²) >= 11 is 0. The highest BCUT2D eigenvalue weighted by molar-refractivity contribution is 5.98. The second kappa shape index (κ2) is 7.36. The number of methoxy groups -OCH3 is 2. The quantitative estimate of drug-likeness (QED) is 0.846. The maximum atomic E-state index is 12.0. The van der Waals surface area contributed by atoms with Gasteiger partial charge in [0.05, 0.1) is 20.8 Å². The lowest BCUT2D eigenvalue weighted by atomic mass is 10.1. The van der Waals surface area contributed by atoms with E-state index in [0.717, 1.165) is 0 Å². The Hall–Kier alpha value is -1.26. The number of ketones is 1. The third-order valence-corrected chi connectivity index (χ3v) is 2.48. The highest BCUT2D eigenvalue weighted by atomic mass is 35.5. The summed E-state index contributed by atoms with van der Waals surface area (Å²) in [4.78, 5) is 12.0. The number of benzene rings is 1. The van der Waals surface area contributed by atoms with Gasteiger partial charge < -0.3 is 14.8 Å². The first-order valence-electron chi connectivity index (χ1n) is 5.87. The van der Waals surface area contributed by atoms with Crippen LogP contribution in [0.5, 0.6) is 11.5 Å². The van der Waals surface area contributed by atoms with E-state index in [0.29, 0.717) is 23.6 Å². The van der Waals surface area contributed by atoms with Crippen molar-refractivity contribution < 1.29 is 14.3 Å². The molecule has 0 spiro atoms. The number of halogens is 1. The topological polar surface area (TPSA) is 47.6 Å². The summed E-state index contributed by atoms with van der Waals surface area (Å²) in [6.07, 6.45) is 0. The Balaban J connectivity index is 0.00000324. The number of rotatable bonds is 5. The monoisotopic (exact) mass is 287 g/mol. The SMILES string of the molecule is COc1ccc(C(=O)CNC(C)(C)C)cc1OC.Cl. The predicted molar refractivity (Wildman–Crippen MR) is 78.9 cm³/mol. The van der Waals surface area contributed by atoms with E-state index in [9.17, 15) is 4.79 Å². The Morgan fingerprint density at radius 1 is 1.16 bits per heavy atom. The zero-order chi connectivity index (χ0) is 13.8. The van der Waals surface area contributed by atoms with E-state index in [1.807, 2.05) is 20.8 Å². The van der Waals surface area contributed by atoms with Crippen LogP contribution < -0.4 is 14.8 Å². The number of ether oxygens (including phenoxy) is 2. The third kappa shape index (κ3) is 5.49. The van der Waals surface area contributed by atoms with E-state index in [1.54, 1.807) is 32.4 Å². The molecule has 0 aliphatic rings. The molecule has 0 aromatic heterocycles. The Bertz CT molecular complexity index is 427. The molecular weight excluding hydrogens is 266 g/mol. The predicted octanol–water partition coefficient (Wildman–Crippen LogP) is 2.70. The van der Waals surface area contributed by atoms with Gasteiger partial charge in [-0.15, -0.1) is 12.4 Å². The van der Waals surface area contributed by atoms with Gasteiger partial charge in [-0.3, -0.25) is 4.79 Å². The van der Waals surface area contributed by atoms with E-state index in [4.69, 9.17) is 9.47 Å². The summed E-state index contributed by atoms with van der Waals surface area (Å²) < 4.78 is 10.3. The van der Waals surface area contributed by atoms with E-state index in [1.165, 1.54) is 0 Å². The van der Waals surface area contributed by atoms with Gasteiger partial charge in [0, 0.05) is 11.1 Å². The molecule has 5 heteroatoms. The molecular formula is C14H22ClNO3. The van der Waals surface area contributed by atoms with Crippen molar-refractivity contribution in [2.24, 2.45) is 0 Å². The summed E-state index contributed by atoms with van der Waals surface area (Å²) in [5.41, 5.74) is 0.538. The van der Waals surface area contributed by atoms with Gasteiger partial charge in [-0.25, -0.2) is 0 Å². The Labute approximate surface area is 120 Å². The van der Waals surface area contributed by atoms with Crippen molar-refractivity contribution in [1.82, 2.24) is 5.32 Å². The maximum Gasteiger partial charge on any atom is 0.176 e. The van der Waals surface area contributed by atoms with Crippen molar-refractivity contribution in [1.29, 1.82) is 0 Å². The molecule has 1 rings (SSSR count). The standard InChI is InChI=1S/C14H21NO3.ClH/c1-14(2,3)15-9-11(16)10-6-7-12(17-4)13(8-10)18-5;/h6-8,15H,9H2,1-5H3;1H. The van der Waals surface area contributed by atoms with Gasteiger partial charge in [0.1, 0.15) is 0 Å². The Kier molecular flexibility index (Phi) is 6.87. The van der Waals surface area contributed by atoms with Crippen molar-refractivity contribution in [2.45, 2.75) is 26.3 Å². The highest BCUT2D eigenvalue weighted by Crippen LogP contribution is 2.27. The minimum atomic E-state index is -0.0772. The van der Waals surface area contributed by atoms with Crippen molar-refractivity contribution in [3.63, 3.8) is 0 Å². The minimum absolute atomic E-state index is 0. The molecule has 0 saturated heterocycles. The van der Waals surface area contributed by atoms with Crippen LogP contribution in [0.4, 0.5) is 0 Å². The van der Waals surface area contributed by atoms with E-state index >= 15 is 0 Å². The Morgan fingerprint density at radius 2 is 1.74 bits per heavy atom. The van der Waals surface area contributed by atoms with Crippen LogP contribution in [0.25, 0.3) is 0 Å². The molecule has 4 nitrogen and oxygen atoms in total. The van der Waals surface area contributed by atoms with Gasteiger partial charge in [-0.2, -0.15) is 0 Å². The van der Waals surface area contributed by atoms with Gasteiger partial charge in [-0.05, 0) is 39.0 Å². The first-order valence-corrected chi connectivity index (χ1v) is 5.87. The van der Waals surface area contributed by atoms with Crippen LogP contribution in [-0.4, -0.2) is 32.1 Å². The fourth-order valence-electron chi connectivity index (χ4n) is 1.46. The average Bonchev–Trinajstić information content (AvgIpc) is 2.34. The molecule has 0 atom stereocenters. The zero-order valence-corrected chi connectivity index (χ0v) is 12.9. The molecule has 19 heavy (non-hydrogen) atoms. The van der Waals surface area contributed by atoms with Crippen LogP contribution >= 0.6 is 12.4 Å². The number of Topliss-reactive ketones (excluding diaryl/α,β-unsaturated/α-hetero) is 1. The largest absolute Gasteiger partial charge is 0.493 e. The zero-order valence-electron chi connectivity index (χ0n) is 12.1. The van der Waals surface area contributed by atoms with Crippen LogP contribution in [0.1, 0.15) is 31.1 Å². The molecule has 108 valence electrons. The number of carbonyl (C=O) groups is 1. The van der Waals surface area contributed by atoms with Crippen LogP contribution in [-0.2, 0) is 0 Å². The minimum Gasteiger partial charge on any atom is -0.493 e. The normalized spacial score (nSPS) is 10.6. The number of carbonyl (C=O) groups excluding carboxylic acids is 1. The lowest BCUT2D eigenvalue weighted by Crippen LogP contribution is -2.39. The van der Waals surface area contributed by atoms with Crippen molar-refractivity contribution in [3.8, 4) is 11.5 Å². The summed E-state index contributed by atoms with van der Waals surface area (Å²) in [5, 5.41) is 3.16. The fraction of sp³-hybridized carbons (Fsp3) is 0.500. The lowest BCUT2D eigenvalue weighted by molar-refractivity contribution is 0.0981. The van der Waals surface area contributed by atoms with Crippen LogP contribution in [0.2, 0.25) is 0 Å². The van der Waals surface area contributed by atoms with Gasteiger partial charge in [0.15, 0.2) is 17.3 Å². The Morgan fingerprint density at radius 3 is 2.21 bits per heavy atom. The average molecular weight is 288 g/mol. The molecule has 0 amide bonds. The summed E-state index contributed by atoms with van der Waals surface area (Å²) in [6.45, 7) is 6.37. The first-order chi connectivity index (χ1) is 8.37. The fourth-order valence-corrected chi connectivity index (χ4v) is 1.46. The second-order valence-corrected chi connectivity index (χ2v) is 5.10. The van der Waals surface area contributed by atoms with Crippen LogP contribution in [0.3, 0.4) is 0 Å². The maximum absolute atomic E-state index is 12.0. The van der Waals surface area contributed by atoms with Crippen molar-refractivity contribution >= 4 is 18.2 Å². The van der Waals surface area contributed by atoms with E-state index in [-0.39, 0.29) is 23.7 Å². The molecule has 0 saturated carbocycles. The third-order valence-electron chi connectivity index (χ3n) is 2.48. The number of hydrogen-bond acceptors (Lipinski definition) is 4. The molecule has 0 aliphatic heterocycles. The second-order valence-electron chi connectivity index (χ2n) is 5.10. The smallest absolute Gasteiger partial charge is 0.176 e. The molecule has 0 unspecified atom stereocenters. The van der Waals surface area contributed by atoms with Crippen LogP contribution in [0, 0.1) is 0 Å². The summed E-state index contributed by atoms with van der Waals surface area (Å²) in [7, 11) is 3.13. The number of hydrogen-bond donors (Lipinski definition) is 1. The van der Waals surface area contributed by atoms with Crippen molar-refractivity contribution in [2.75, 3.05) is 20.8 Å². The molecule has 0 aliphatic carbocycles. The molecule has 1 aromatic rings. The summed E-state index contributed by atoms with van der Waals surface area (Å²) in [6, 6.07) is 5.18. The van der Waals surface area contributed by atoms with Gasteiger partial charge in [0.25, 0.3) is 0 Å². The molecule has 0 bridgehead atoms. The van der Waals surface area contributed by atoms with Crippen molar-refractivity contribution in [3.05, 3.63) is 23.8 Å². The van der Waals surface area contributed by atoms with Gasteiger partial charge >= 0.3 is 0 Å². The van der Waals surface area contributed by atoms with Crippen LogP contribution in [0.15, 0.2) is 18.2 Å². The summed E-state index contributed by atoms with van der Waals surface area (Å²) in [5.74, 6) is 1.22. The number of nitrogens with one attached hydrogen (secondary N) is 1. The highest BCUT2D eigenvalue weighted by Gasteiger charge is 2.14. The molecule has 1 aromatic carbocycles. The van der Waals surface area contributed by atoms with E-state index < -0.39 is 0 Å². The van der Waals surface area contributed by atoms with Gasteiger partial charge in [0.2, 0.25) is 0 Å².